The molecule has 1 amide bonds. The summed E-state index contributed by atoms with van der Waals surface area (Å²) in [6.07, 6.45) is 1.09. The molecule has 1 saturated heterocycles. The number of carboxylic acids is 1. The van der Waals surface area contributed by atoms with E-state index in [-0.39, 0.29) is 23.6 Å². The van der Waals surface area contributed by atoms with E-state index in [9.17, 15) is 18.0 Å². The molecule has 1 fully saturated rings. The van der Waals surface area contributed by atoms with Crippen LogP contribution in [0.4, 0.5) is 0 Å². The smallest absolute Gasteiger partial charge is 0.305 e. The van der Waals surface area contributed by atoms with E-state index in [1.165, 1.54) is 16.6 Å². The normalized spacial score (nSPS) is 16.4. The number of sulfonamides is 1. The van der Waals surface area contributed by atoms with Crippen LogP contribution < -0.4 is 5.32 Å². The highest BCUT2D eigenvalue weighted by Crippen LogP contribution is 2.20. The van der Waals surface area contributed by atoms with Gasteiger partial charge in [0.2, 0.25) is 10.0 Å². The first-order valence-corrected chi connectivity index (χ1v) is 9.27. The third kappa shape index (κ3) is 4.02. The molecule has 0 unspecified atom stereocenters. The molecular formula is C12H17N3O5S2. The van der Waals surface area contributed by atoms with E-state index in [2.05, 4.69) is 10.3 Å². The molecule has 22 heavy (non-hydrogen) atoms. The van der Waals surface area contributed by atoms with Gasteiger partial charge in [-0.1, -0.05) is 0 Å². The van der Waals surface area contributed by atoms with E-state index in [1.807, 2.05) is 0 Å². The van der Waals surface area contributed by atoms with Crippen LogP contribution in [0.15, 0.2) is 17.2 Å². The number of aromatic amines is 1. The summed E-state index contributed by atoms with van der Waals surface area (Å²) in [5.41, 5.74) is 0.0929. The van der Waals surface area contributed by atoms with Crippen molar-refractivity contribution in [1.29, 1.82) is 0 Å². The van der Waals surface area contributed by atoms with E-state index in [0.29, 0.717) is 13.1 Å². The van der Waals surface area contributed by atoms with Crippen LogP contribution >= 0.6 is 11.8 Å². The van der Waals surface area contributed by atoms with E-state index >= 15 is 0 Å². The molecule has 0 saturated carbocycles. The summed E-state index contributed by atoms with van der Waals surface area (Å²) in [7, 11) is -3.59. The lowest BCUT2D eigenvalue weighted by molar-refractivity contribution is -0.136. The molecular weight excluding hydrogens is 330 g/mol. The fourth-order valence-corrected chi connectivity index (χ4v) is 4.54. The average Bonchev–Trinajstić information content (AvgIpc) is 2.98. The Bertz CT molecular complexity index is 649. The number of thioether (sulfide) groups is 1. The molecule has 2 rings (SSSR count). The predicted molar refractivity (Wildman–Crippen MR) is 81.5 cm³/mol. The molecule has 1 aliphatic rings. The standard InChI is InChI=1S/C12H17N3O5S2/c16-11(17)1-2-13-12(18)10-7-9(8-14-10)22(19,20)15-3-5-21-6-4-15/h7-8,14H,1-6H2,(H,13,18)(H,16,17). The molecule has 1 aromatic heterocycles. The van der Waals surface area contributed by atoms with Gasteiger partial charge in [0.1, 0.15) is 10.6 Å². The zero-order valence-corrected chi connectivity index (χ0v) is 13.4. The second kappa shape index (κ2) is 7.16. The van der Waals surface area contributed by atoms with Crippen molar-refractivity contribution in [3.63, 3.8) is 0 Å². The van der Waals surface area contributed by atoms with E-state index in [1.54, 1.807) is 11.8 Å². The zero-order valence-electron chi connectivity index (χ0n) is 11.7. The van der Waals surface area contributed by atoms with Gasteiger partial charge in [-0.05, 0) is 6.07 Å². The molecule has 0 atom stereocenters. The van der Waals surface area contributed by atoms with Crippen molar-refractivity contribution in [3.05, 3.63) is 18.0 Å². The summed E-state index contributed by atoms with van der Waals surface area (Å²) < 4.78 is 26.2. The number of amides is 1. The van der Waals surface area contributed by atoms with Crippen molar-refractivity contribution < 1.29 is 23.1 Å². The predicted octanol–water partition coefficient (Wildman–Crippen LogP) is -0.0433. The quantitative estimate of drug-likeness (QED) is 0.664. The summed E-state index contributed by atoms with van der Waals surface area (Å²) in [6, 6.07) is 1.27. The Kier molecular flexibility index (Phi) is 5.48. The maximum absolute atomic E-state index is 12.4. The summed E-state index contributed by atoms with van der Waals surface area (Å²) in [4.78, 5) is 24.8. The molecule has 2 heterocycles. The van der Waals surface area contributed by atoms with Gasteiger partial charge in [-0.25, -0.2) is 8.42 Å². The summed E-state index contributed by atoms with van der Waals surface area (Å²) in [5.74, 6) is -0.0341. The van der Waals surface area contributed by atoms with Gasteiger partial charge < -0.3 is 15.4 Å². The molecule has 10 heteroatoms. The molecule has 0 aliphatic carbocycles. The highest BCUT2D eigenvalue weighted by molar-refractivity contribution is 7.99. The molecule has 1 aliphatic heterocycles. The van der Waals surface area contributed by atoms with Crippen molar-refractivity contribution in [1.82, 2.24) is 14.6 Å². The number of carbonyl (C=O) groups is 2. The van der Waals surface area contributed by atoms with Crippen LogP contribution in [0.1, 0.15) is 16.9 Å². The second-order valence-electron chi connectivity index (χ2n) is 4.67. The molecule has 1 aromatic rings. The number of nitrogens with one attached hydrogen (secondary N) is 2. The first-order chi connectivity index (χ1) is 10.4. The van der Waals surface area contributed by atoms with Crippen LogP contribution in [0, 0.1) is 0 Å². The van der Waals surface area contributed by atoms with Crippen molar-refractivity contribution in [2.75, 3.05) is 31.1 Å². The van der Waals surface area contributed by atoms with Gasteiger partial charge in [-0.15, -0.1) is 0 Å². The van der Waals surface area contributed by atoms with Crippen LogP contribution in [-0.4, -0.2) is 65.8 Å². The molecule has 8 nitrogen and oxygen atoms in total. The van der Waals surface area contributed by atoms with Gasteiger partial charge in [-0.2, -0.15) is 16.1 Å². The molecule has 0 bridgehead atoms. The molecule has 122 valence electrons. The van der Waals surface area contributed by atoms with Crippen LogP contribution in [0.3, 0.4) is 0 Å². The van der Waals surface area contributed by atoms with E-state index < -0.39 is 21.9 Å². The lowest BCUT2D eigenvalue weighted by Gasteiger charge is -2.24. The number of carboxylic acid groups (broad SMARTS) is 1. The first-order valence-electron chi connectivity index (χ1n) is 6.67. The Labute approximate surface area is 132 Å². The van der Waals surface area contributed by atoms with Crippen molar-refractivity contribution in [2.45, 2.75) is 11.3 Å². The maximum atomic E-state index is 12.4. The number of nitrogens with zero attached hydrogens (tertiary/aromatic N) is 1. The molecule has 0 spiro atoms. The minimum atomic E-state index is -3.59. The Hall–Kier alpha value is -1.52. The van der Waals surface area contributed by atoms with Gasteiger partial charge in [0.05, 0.1) is 6.42 Å². The van der Waals surface area contributed by atoms with Crippen molar-refractivity contribution in [2.24, 2.45) is 0 Å². The summed E-state index contributed by atoms with van der Waals surface area (Å²) in [6.45, 7) is 0.898. The van der Waals surface area contributed by atoms with Gasteiger partial charge in [0, 0.05) is 37.3 Å². The number of carbonyl (C=O) groups excluding carboxylic acids is 1. The second-order valence-corrected chi connectivity index (χ2v) is 7.83. The van der Waals surface area contributed by atoms with Crippen molar-refractivity contribution >= 4 is 33.7 Å². The van der Waals surface area contributed by atoms with Crippen LogP contribution in [0.2, 0.25) is 0 Å². The zero-order chi connectivity index (χ0) is 16.2. The average molecular weight is 347 g/mol. The molecule has 0 radical (unpaired) electrons. The minimum absolute atomic E-state index is 0.0153. The maximum Gasteiger partial charge on any atom is 0.305 e. The number of rotatable bonds is 6. The number of hydrogen-bond acceptors (Lipinski definition) is 5. The largest absolute Gasteiger partial charge is 0.481 e. The highest BCUT2D eigenvalue weighted by atomic mass is 32.2. The van der Waals surface area contributed by atoms with Gasteiger partial charge in [0.25, 0.3) is 5.91 Å². The lowest BCUT2D eigenvalue weighted by Crippen LogP contribution is -2.37. The van der Waals surface area contributed by atoms with Crippen molar-refractivity contribution in [3.8, 4) is 0 Å². The third-order valence-corrected chi connectivity index (χ3v) is 5.95. The van der Waals surface area contributed by atoms with E-state index in [4.69, 9.17) is 5.11 Å². The molecule has 3 N–H and O–H groups in total. The van der Waals surface area contributed by atoms with E-state index in [0.717, 1.165) is 11.5 Å². The van der Waals surface area contributed by atoms with Gasteiger partial charge in [-0.3, -0.25) is 9.59 Å². The minimum Gasteiger partial charge on any atom is -0.481 e. The van der Waals surface area contributed by atoms with Gasteiger partial charge >= 0.3 is 5.97 Å². The fourth-order valence-electron chi connectivity index (χ4n) is 1.97. The number of aliphatic carboxylic acids is 1. The highest BCUT2D eigenvalue weighted by Gasteiger charge is 2.27. The Morgan fingerprint density at radius 3 is 2.68 bits per heavy atom. The van der Waals surface area contributed by atoms with Crippen LogP contribution in [0.25, 0.3) is 0 Å². The first kappa shape index (κ1) is 16.8. The fraction of sp³-hybridized carbons (Fsp3) is 0.500. The number of hydrogen-bond donors (Lipinski definition) is 3. The number of aromatic nitrogens is 1. The number of H-pyrrole nitrogens is 1. The van der Waals surface area contributed by atoms with Crippen LogP contribution in [-0.2, 0) is 14.8 Å². The SMILES string of the molecule is O=C(O)CCNC(=O)c1cc(S(=O)(=O)N2CCSCC2)c[nH]1. The molecule has 0 aromatic carbocycles. The topological polar surface area (TPSA) is 120 Å². The summed E-state index contributed by atoms with van der Waals surface area (Å²) in [5, 5.41) is 10.9. The van der Waals surface area contributed by atoms with Gasteiger partial charge in [0.15, 0.2) is 0 Å². The Morgan fingerprint density at radius 1 is 1.36 bits per heavy atom. The Morgan fingerprint density at radius 2 is 2.05 bits per heavy atom. The third-order valence-electron chi connectivity index (χ3n) is 3.13. The summed E-state index contributed by atoms with van der Waals surface area (Å²) >= 11 is 1.71. The van der Waals surface area contributed by atoms with Crippen LogP contribution in [0.5, 0.6) is 0 Å². The monoisotopic (exact) mass is 347 g/mol. The lowest BCUT2D eigenvalue weighted by atomic mass is 10.4. The Balaban J connectivity index is 2.03.